The Hall–Kier alpha value is -2.36. The molecule has 1 aromatic carbocycles. The molecular weight excluding hydrogens is 262 g/mol. The second kappa shape index (κ2) is 5.95. The quantitative estimate of drug-likeness (QED) is 0.848. The number of rotatable bonds is 2. The first kappa shape index (κ1) is 13.6. The second-order valence-corrected chi connectivity index (χ2v) is 5.37. The van der Waals surface area contributed by atoms with Crippen LogP contribution in [0.25, 0.3) is 0 Å². The third-order valence-corrected chi connectivity index (χ3v) is 3.94. The third kappa shape index (κ3) is 2.89. The lowest BCUT2D eigenvalue weighted by Crippen LogP contribution is -2.54. The maximum atomic E-state index is 12.5. The van der Waals surface area contributed by atoms with Gasteiger partial charge in [0.25, 0.3) is 5.91 Å². The summed E-state index contributed by atoms with van der Waals surface area (Å²) in [6, 6.07) is 14.1. The molecule has 0 radical (unpaired) electrons. The topological polar surface area (TPSA) is 36.4 Å². The molecule has 108 valence electrons. The van der Waals surface area contributed by atoms with Gasteiger partial charge in [0.1, 0.15) is 0 Å². The minimum Gasteiger partial charge on any atom is -0.368 e. The number of hydrogen-bond acceptors (Lipinski definition) is 3. The maximum Gasteiger partial charge on any atom is 0.254 e. The summed E-state index contributed by atoms with van der Waals surface area (Å²) < 4.78 is 0. The molecule has 1 unspecified atom stereocenters. The highest BCUT2D eigenvalue weighted by atomic mass is 16.2. The first-order valence-corrected chi connectivity index (χ1v) is 7.26. The lowest BCUT2D eigenvalue weighted by Gasteiger charge is -2.41. The van der Waals surface area contributed by atoms with E-state index in [-0.39, 0.29) is 11.9 Å². The van der Waals surface area contributed by atoms with E-state index in [2.05, 4.69) is 41.1 Å². The van der Waals surface area contributed by atoms with Crippen molar-refractivity contribution >= 4 is 11.6 Å². The van der Waals surface area contributed by atoms with E-state index in [9.17, 15) is 4.79 Å². The monoisotopic (exact) mass is 281 g/mol. The number of benzene rings is 1. The van der Waals surface area contributed by atoms with Crippen LogP contribution in [0, 0.1) is 0 Å². The van der Waals surface area contributed by atoms with Gasteiger partial charge in [-0.3, -0.25) is 9.78 Å². The van der Waals surface area contributed by atoms with Gasteiger partial charge < -0.3 is 9.80 Å². The number of anilines is 1. The van der Waals surface area contributed by atoms with Crippen LogP contribution in [0.5, 0.6) is 0 Å². The Morgan fingerprint density at radius 3 is 2.48 bits per heavy atom. The van der Waals surface area contributed by atoms with Crippen LogP contribution in [0.4, 0.5) is 5.69 Å². The average Bonchev–Trinajstić information content (AvgIpc) is 2.56. The van der Waals surface area contributed by atoms with Crippen molar-refractivity contribution < 1.29 is 4.79 Å². The first-order valence-electron chi connectivity index (χ1n) is 7.26. The molecule has 4 nitrogen and oxygen atoms in total. The Balaban J connectivity index is 1.70. The lowest BCUT2D eigenvalue weighted by atomic mass is 10.1. The summed E-state index contributed by atoms with van der Waals surface area (Å²) in [6.45, 7) is 4.58. The lowest BCUT2D eigenvalue weighted by molar-refractivity contribution is 0.0674. The largest absolute Gasteiger partial charge is 0.368 e. The van der Waals surface area contributed by atoms with Crippen molar-refractivity contribution in [2.24, 2.45) is 0 Å². The number of carbonyl (C=O) groups excluding carboxylic acids is 1. The fraction of sp³-hybridized carbons (Fsp3) is 0.294. The summed E-state index contributed by atoms with van der Waals surface area (Å²) in [6.07, 6.45) is 3.33. The number of pyridine rings is 1. The van der Waals surface area contributed by atoms with Crippen LogP contribution in [0.3, 0.4) is 0 Å². The van der Waals surface area contributed by atoms with Crippen LogP contribution >= 0.6 is 0 Å². The Morgan fingerprint density at radius 2 is 1.81 bits per heavy atom. The summed E-state index contributed by atoms with van der Waals surface area (Å²) in [5.41, 5.74) is 1.94. The van der Waals surface area contributed by atoms with Gasteiger partial charge in [-0.05, 0) is 31.2 Å². The molecule has 1 amide bonds. The maximum absolute atomic E-state index is 12.5. The number of carbonyl (C=O) groups is 1. The molecule has 2 aromatic rings. The van der Waals surface area contributed by atoms with Gasteiger partial charge in [-0.1, -0.05) is 18.2 Å². The molecule has 4 heteroatoms. The highest BCUT2D eigenvalue weighted by molar-refractivity contribution is 5.94. The molecular formula is C17H19N3O. The van der Waals surface area contributed by atoms with E-state index in [0.717, 1.165) is 19.6 Å². The standard InChI is InChI=1S/C17H19N3O/c1-14-13-19(16-5-3-2-4-6-16)11-12-20(14)17(21)15-7-9-18-10-8-15/h2-10,14H,11-13H2,1H3. The van der Waals surface area contributed by atoms with Gasteiger partial charge in [-0.2, -0.15) is 0 Å². The number of hydrogen-bond donors (Lipinski definition) is 0. The Bertz CT molecular complexity index is 600. The van der Waals surface area contributed by atoms with E-state index < -0.39 is 0 Å². The van der Waals surface area contributed by atoms with Crippen LogP contribution < -0.4 is 4.90 Å². The Morgan fingerprint density at radius 1 is 1.10 bits per heavy atom. The summed E-state index contributed by atoms with van der Waals surface area (Å²) >= 11 is 0. The number of amides is 1. The molecule has 1 fully saturated rings. The number of aromatic nitrogens is 1. The zero-order valence-electron chi connectivity index (χ0n) is 12.1. The van der Waals surface area contributed by atoms with Gasteiger partial charge in [-0.25, -0.2) is 0 Å². The normalized spacial score (nSPS) is 18.6. The molecule has 2 heterocycles. The fourth-order valence-corrected chi connectivity index (χ4v) is 2.79. The Labute approximate surface area is 125 Å². The highest BCUT2D eigenvalue weighted by Crippen LogP contribution is 2.20. The van der Waals surface area contributed by atoms with E-state index in [1.165, 1.54) is 5.69 Å². The fourth-order valence-electron chi connectivity index (χ4n) is 2.79. The minimum absolute atomic E-state index is 0.0950. The van der Waals surface area contributed by atoms with E-state index in [4.69, 9.17) is 0 Å². The van der Waals surface area contributed by atoms with Gasteiger partial charge in [0.2, 0.25) is 0 Å². The molecule has 21 heavy (non-hydrogen) atoms. The molecule has 1 saturated heterocycles. The van der Waals surface area contributed by atoms with Crippen molar-refractivity contribution in [3.8, 4) is 0 Å². The molecule has 1 aliphatic rings. The van der Waals surface area contributed by atoms with Crippen molar-refractivity contribution in [3.05, 3.63) is 60.4 Å². The van der Waals surface area contributed by atoms with Crippen molar-refractivity contribution in [1.82, 2.24) is 9.88 Å². The Kier molecular flexibility index (Phi) is 3.86. The molecule has 0 bridgehead atoms. The average molecular weight is 281 g/mol. The van der Waals surface area contributed by atoms with Crippen molar-refractivity contribution in [2.45, 2.75) is 13.0 Å². The highest BCUT2D eigenvalue weighted by Gasteiger charge is 2.28. The number of nitrogens with zero attached hydrogens (tertiary/aromatic N) is 3. The number of piperazine rings is 1. The van der Waals surface area contributed by atoms with Gasteiger partial charge >= 0.3 is 0 Å². The van der Waals surface area contributed by atoms with Crippen molar-refractivity contribution in [3.63, 3.8) is 0 Å². The third-order valence-electron chi connectivity index (χ3n) is 3.94. The molecule has 0 N–H and O–H groups in total. The van der Waals surface area contributed by atoms with E-state index in [1.807, 2.05) is 11.0 Å². The summed E-state index contributed by atoms with van der Waals surface area (Å²) in [5.74, 6) is 0.0950. The zero-order valence-corrected chi connectivity index (χ0v) is 12.1. The van der Waals surface area contributed by atoms with E-state index >= 15 is 0 Å². The van der Waals surface area contributed by atoms with Crippen LogP contribution in [0.15, 0.2) is 54.9 Å². The molecule has 1 atom stereocenters. The van der Waals surface area contributed by atoms with Crippen molar-refractivity contribution in [1.29, 1.82) is 0 Å². The molecule has 1 aromatic heterocycles. The van der Waals surface area contributed by atoms with E-state index in [0.29, 0.717) is 5.56 Å². The molecule has 3 rings (SSSR count). The number of para-hydroxylation sites is 1. The minimum atomic E-state index is 0.0950. The van der Waals surface area contributed by atoms with Crippen molar-refractivity contribution in [2.75, 3.05) is 24.5 Å². The summed E-state index contributed by atoms with van der Waals surface area (Å²) in [4.78, 5) is 20.8. The van der Waals surface area contributed by atoms with Gasteiger partial charge in [-0.15, -0.1) is 0 Å². The predicted molar refractivity (Wildman–Crippen MR) is 83.4 cm³/mol. The molecule has 0 saturated carbocycles. The second-order valence-electron chi connectivity index (χ2n) is 5.37. The van der Waals surface area contributed by atoms with E-state index in [1.54, 1.807) is 24.5 Å². The van der Waals surface area contributed by atoms with Gasteiger partial charge in [0.05, 0.1) is 0 Å². The zero-order chi connectivity index (χ0) is 14.7. The van der Waals surface area contributed by atoms with Crippen LogP contribution in [-0.4, -0.2) is 41.5 Å². The summed E-state index contributed by atoms with van der Waals surface area (Å²) in [5, 5.41) is 0. The molecule has 0 spiro atoms. The predicted octanol–water partition coefficient (Wildman–Crippen LogP) is 2.43. The summed E-state index contributed by atoms with van der Waals surface area (Å²) in [7, 11) is 0. The van der Waals surface area contributed by atoms with Gasteiger partial charge in [0, 0.05) is 49.3 Å². The SMILES string of the molecule is CC1CN(c2ccccc2)CCN1C(=O)c1ccncc1. The van der Waals surface area contributed by atoms with Crippen LogP contribution in [0.1, 0.15) is 17.3 Å². The first-order chi connectivity index (χ1) is 10.3. The molecule has 1 aliphatic heterocycles. The van der Waals surface area contributed by atoms with Gasteiger partial charge in [0.15, 0.2) is 0 Å². The smallest absolute Gasteiger partial charge is 0.254 e. The van der Waals surface area contributed by atoms with Crippen LogP contribution in [0.2, 0.25) is 0 Å². The molecule has 0 aliphatic carbocycles. The van der Waals surface area contributed by atoms with Crippen LogP contribution in [-0.2, 0) is 0 Å².